The van der Waals surface area contributed by atoms with Crippen molar-refractivity contribution in [1.82, 2.24) is 19.6 Å². The van der Waals surface area contributed by atoms with Crippen molar-refractivity contribution in [1.29, 1.82) is 0 Å². The molecule has 1 aliphatic rings. The third-order valence-electron chi connectivity index (χ3n) is 5.21. The fraction of sp³-hybridized carbons (Fsp3) is 0.571. The molecule has 0 spiro atoms. The minimum absolute atomic E-state index is 0. The first-order chi connectivity index (χ1) is 14.1. The number of aliphatic imine (C=N–C) groups is 1. The molecule has 166 valence electrons. The maximum atomic E-state index is 4.61. The summed E-state index contributed by atoms with van der Waals surface area (Å²) in [6.07, 6.45) is 3.06. The zero-order chi connectivity index (χ0) is 20.6. The molecule has 0 saturated carbocycles. The number of guanidine groups is 1. The molecule has 1 aromatic heterocycles. The molecule has 30 heavy (non-hydrogen) atoms. The van der Waals surface area contributed by atoms with E-state index in [9.17, 15) is 0 Å². The number of piperazine rings is 1. The highest BCUT2D eigenvalue weighted by molar-refractivity contribution is 14.0. The minimum atomic E-state index is 0. The van der Waals surface area contributed by atoms with E-state index in [1.807, 2.05) is 7.05 Å². The van der Waals surface area contributed by atoms with Crippen molar-refractivity contribution in [3.05, 3.63) is 35.7 Å². The number of hydrogen-bond acceptors (Lipinski definition) is 6. The summed E-state index contributed by atoms with van der Waals surface area (Å²) in [6.45, 7) is 6.84. The molecule has 0 atom stereocenters. The second-order valence-electron chi connectivity index (χ2n) is 7.46. The highest BCUT2D eigenvalue weighted by Crippen LogP contribution is 2.19. The normalized spacial score (nSPS) is 14.5. The van der Waals surface area contributed by atoms with Crippen LogP contribution in [0.15, 0.2) is 29.3 Å². The van der Waals surface area contributed by atoms with Crippen LogP contribution in [0.1, 0.15) is 24.7 Å². The Morgan fingerprint density at radius 3 is 2.43 bits per heavy atom. The molecule has 1 N–H and O–H groups in total. The molecule has 1 saturated heterocycles. The Bertz CT molecular complexity index is 783. The van der Waals surface area contributed by atoms with E-state index in [1.165, 1.54) is 22.8 Å². The molecule has 2 heterocycles. The molecule has 0 unspecified atom stereocenters. The molecular weight excluding hydrogens is 509 g/mol. The smallest absolute Gasteiger partial charge is 0.205 e. The van der Waals surface area contributed by atoms with E-state index in [-0.39, 0.29) is 24.0 Å². The van der Waals surface area contributed by atoms with Crippen LogP contribution >= 0.6 is 35.5 Å². The van der Waals surface area contributed by atoms with Crippen molar-refractivity contribution in [2.75, 3.05) is 63.7 Å². The van der Waals surface area contributed by atoms with Crippen molar-refractivity contribution in [3.63, 3.8) is 0 Å². The summed E-state index contributed by atoms with van der Waals surface area (Å²) in [4.78, 5) is 15.9. The van der Waals surface area contributed by atoms with Crippen LogP contribution in [0, 0.1) is 0 Å². The first kappa shape index (κ1) is 24.6. The highest BCUT2D eigenvalue weighted by atomic mass is 127. The van der Waals surface area contributed by atoms with Crippen LogP contribution < -0.4 is 15.1 Å². The lowest BCUT2D eigenvalue weighted by Gasteiger charge is -2.36. The van der Waals surface area contributed by atoms with Crippen molar-refractivity contribution >= 4 is 52.3 Å². The van der Waals surface area contributed by atoms with Crippen LogP contribution in [0.25, 0.3) is 0 Å². The van der Waals surface area contributed by atoms with E-state index in [4.69, 9.17) is 0 Å². The monoisotopic (exact) mass is 543 g/mol. The molecule has 1 aromatic carbocycles. The third-order valence-corrected chi connectivity index (χ3v) is 6.03. The number of rotatable bonds is 7. The van der Waals surface area contributed by atoms with Crippen molar-refractivity contribution in [3.8, 4) is 0 Å². The van der Waals surface area contributed by atoms with Gasteiger partial charge in [-0.3, -0.25) is 4.99 Å². The summed E-state index contributed by atoms with van der Waals surface area (Å²) in [5, 5.41) is 4.58. The number of halogens is 1. The SMILES string of the molecule is CCc1nsc(N2CCN(C(=NC)NCCCc3ccc(N(C)C)cc3)CC2)n1.I. The number of hydrogen-bond donors (Lipinski definition) is 1. The predicted octanol–water partition coefficient (Wildman–Crippen LogP) is 3.11. The van der Waals surface area contributed by atoms with Crippen LogP contribution in [0.4, 0.5) is 10.8 Å². The minimum Gasteiger partial charge on any atom is -0.378 e. The maximum Gasteiger partial charge on any atom is 0.205 e. The van der Waals surface area contributed by atoms with E-state index >= 15 is 0 Å². The van der Waals surface area contributed by atoms with Crippen LogP contribution in [0.5, 0.6) is 0 Å². The van der Waals surface area contributed by atoms with Gasteiger partial charge in [0, 0.05) is 77.5 Å². The van der Waals surface area contributed by atoms with Gasteiger partial charge in [-0.2, -0.15) is 4.37 Å². The molecule has 3 rings (SSSR count). The standard InChI is InChI=1S/C21H33N7S.HI/c1-5-19-24-21(29-25-19)28-15-13-27(14-16-28)20(22-2)23-12-6-7-17-8-10-18(11-9-17)26(3)4;/h8-11H,5-7,12-16H2,1-4H3,(H,22,23);1H. The Balaban J connectivity index is 0.00000320. The van der Waals surface area contributed by atoms with Gasteiger partial charge in [-0.1, -0.05) is 19.1 Å². The van der Waals surface area contributed by atoms with Gasteiger partial charge in [-0.25, -0.2) is 4.98 Å². The van der Waals surface area contributed by atoms with E-state index in [1.54, 1.807) is 0 Å². The van der Waals surface area contributed by atoms with Gasteiger partial charge in [0.2, 0.25) is 5.13 Å². The lowest BCUT2D eigenvalue weighted by Crippen LogP contribution is -2.52. The van der Waals surface area contributed by atoms with Gasteiger partial charge < -0.3 is 20.0 Å². The number of anilines is 2. The first-order valence-electron chi connectivity index (χ1n) is 10.4. The fourth-order valence-corrected chi connectivity index (χ4v) is 4.21. The number of benzene rings is 1. The summed E-state index contributed by atoms with van der Waals surface area (Å²) in [5.41, 5.74) is 2.62. The average Bonchev–Trinajstić information content (AvgIpc) is 3.24. The van der Waals surface area contributed by atoms with Crippen LogP contribution in [0.2, 0.25) is 0 Å². The van der Waals surface area contributed by atoms with Gasteiger partial charge in [0.25, 0.3) is 0 Å². The molecule has 1 aliphatic heterocycles. The van der Waals surface area contributed by atoms with E-state index in [0.29, 0.717) is 0 Å². The second kappa shape index (κ2) is 12.3. The van der Waals surface area contributed by atoms with Gasteiger partial charge in [0.1, 0.15) is 5.82 Å². The average molecular weight is 544 g/mol. The molecular formula is C21H34IN7S. The number of aryl methyl sites for hydroxylation is 2. The third kappa shape index (κ3) is 6.69. The van der Waals surface area contributed by atoms with Gasteiger partial charge in [-0.15, -0.1) is 24.0 Å². The molecule has 7 nitrogen and oxygen atoms in total. The number of nitrogens with one attached hydrogen (secondary N) is 1. The highest BCUT2D eigenvalue weighted by Gasteiger charge is 2.21. The second-order valence-corrected chi connectivity index (χ2v) is 8.19. The predicted molar refractivity (Wildman–Crippen MR) is 139 cm³/mol. The van der Waals surface area contributed by atoms with Crippen molar-refractivity contribution in [2.45, 2.75) is 26.2 Å². The Morgan fingerprint density at radius 1 is 1.17 bits per heavy atom. The van der Waals surface area contributed by atoms with E-state index < -0.39 is 0 Å². The van der Waals surface area contributed by atoms with Crippen LogP contribution in [0.3, 0.4) is 0 Å². The van der Waals surface area contributed by atoms with Gasteiger partial charge in [0.05, 0.1) is 0 Å². The van der Waals surface area contributed by atoms with Gasteiger partial charge in [0.15, 0.2) is 5.96 Å². The zero-order valence-corrected chi connectivity index (χ0v) is 21.6. The summed E-state index contributed by atoms with van der Waals surface area (Å²) < 4.78 is 4.41. The summed E-state index contributed by atoms with van der Waals surface area (Å²) in [6, 6.07) is 8.81. The van der Waals surface area contributed by atoms with E-state index in [2.05, 4.69) is 79.7 Å². The lowest BCUT2D eigenvalue weighted by molar-refractivity contribution is 0.372. The molecule has 0 amide bonds. The van der Waals surface area contributed by atoms with Crippen LogP contribution in [-0.2, 0) is 12.8 Å². The van der Waals surface area contributed by atoms with Crippen molar-refractivity contribution < 1.29 is 0 Å². The summed E-state index contributed by atoms with van der Waals surface area (Å²) in [7, 11) is 6.01. The molecule has 9 heteroatoms. The van der Waals surface area contributed by atoms with Crippen LogP contribution in [-0.4, -0.2) is 74.1 Å². The lowest BCUT2D eigenvalue weighted by atomic mass is 10.1. The fourth-order valence-electron chi connectivity index (χ4n) is 3.41. The van der Waals surface area contributed by atoms with Gasteiger partial charge in [-0.05, 0) is 30.5 Å². The topological polar surface area (TPSA) is 59.9 Å². The summed E-state index contributed by atoms with van der Waals surface area (Å²) >= 11 is 1.51. The number of aromatic nitrogens is 2. The molecule has 2 aromatic rings. The van der Waals surface area contributed by atoms with Gasteiger partial charge >= 0.3 is 0 Å². The molecule has 0 radical (unpaired) electrons. The summed E-state index contributed by atoms with van der Waals surface area (Å²) in [5.74, 6) is 1.94. The first-order valence-corrected chi connectivity index (χ1v) is 11.2. The zero-order valence-electron chi connectivity index (χ0n) is 18.5. The Morgan fingerprint density at radius 2 is 1.87 bits per heavy atom. The van der Waals surface area contributed by atoms with E-state index in [0.717, 1.165) is 68.9 Å². The Hall–Kier alpha value is -1.62. The van der Waals surface area contributed by atoms with Crippen molar-refractivity contribution in [2.24, 2.45) is 4.99 Å². The molecule has 0 aliphatic carbocycles. The Kier molecular flexibility index (Phi) is 10.1. The quantitative estimate of drug-likeness (QED) is 0.251. The maximum absolute atomic E-state index is 4.61. The largest absolute Gasteiger partial charge is 0.378 e. The molecule has 1 fully saturated rings. The Labute approximate surface area is 201 Å². The number of nitrogens with zero attached hydrogens (tertiary/aromatic N) is 6. The molecule has 0 bridgehead atoms.